The Morgan fingerprint density at radius 2 is 1.54 bits per heavy atom. The van der Waals surface area contributed by atoms with E-state index < -0.39 is 6.10 Å². The molecule has 3 atom stereocenters. The predicted molar refractivity (Wildman–Crippen MR) is 242 cm³/mol. The molecule has 8 nitrogen and oxygen atoms in total. The van der Waals surface area contributed by atoms with E-state index in [0.717, 1.165) is 105 Å². The molecule has 8 bridgehead atoms. The van der Waals surface area contributed by atoms with Crippen LogP contribution in [0.2, 0.25) is 0 Å². The third-order valence-corrected chi connectivity index (χ3v) is 12.3. The van der Waals surface area contributed by atoms with Crippen molar-refractivity contribution in [3.63, 3.8) is 0 Å². The molecule has 0 radical (unpaired) electrons. The number of rotatable bonds is 14. The summed E-state index contributed by atoms with van der Waals surface area (Å²) in [5.74, 6) is -0.573. The van der Waals surface area contributed by atoms with Crippen LogP contribution in [0, 0.1) is 13.8 Å². The molecule has 0 saturated heterocycles. The zero-order chi connectivity index (χ0) is 42.0. The Kier molecular flexibility index (Phi) is 15.1. The summed E-state index contributed by atoms with van der Waals surface area (Å²) in [5, 5.41) is 24.9. The molecule has 0 unspecified atom stereocenters. The molecule has 6 rings (SSSR count). The standard InChI is InChI=1S/C50H62N4O4.Mg/c1-12-35-30(7)39-25-42-45(34(11)55)32(9)48(53-42)33(10)47-31(8)37(20-21-44(57)58-23-22-29(6)19-15-18-28(5)17-14-16-27(3)4)49(54-47)38-24-43(56)46-36(13-2)41(52-50(38)46)26-40(35)51-39;/h16,18,22,24-26,31,34,37,55H,12-15,17,19-21,23H2,1-11H3,(H-2,51,52,53,54,56);/q-2;+2/p-1/b28-18+,29-22+;/t31-,34+,37-;/m0./s1. The van der Waals surface area contributed by atoms with Gasteiger partial charge in [0.15, 0.2) is 0 Å². The number of carbonyl (C=O) groups is 1. The van der Waals surface area contributed by atoms with Crippen LogP contribution >= 0.6 is 0 Å². The Morgan fingerprint density at radius 3 is 2.20 bits per heavy atom. The van der Waals surface area contributed by atoms with Gasteiger partial charge in [-0.3, -0.25) is 9.78 Å². The molecule has 1 aliphatic carbocycles. The summed E-state index contributed by atoms with van der Waals surface area (Å²) in [5.41, 5.74) is 17.1. The Hall–Kier alpha value is -4.18. The topological polar surface area (TPSA) is 124 Å². The fourth-order valence-corrected chi connectivity index (χ4v) is 9.00. The van der Waals surface area contributed by atoms with Crippen molar-refractivity contribution in [1.29, 1.82) is 0 Å². The zero-order valence-electron chi connectivity index (χ0n) is 37.2. The molecule has 0 amide bonds. The van der Waals surface area contributed by atoms with Crippen molar-refractivity contribution < 1.29 is 19.7 Å². The first kappa shape index (κ1) is 45.9. The van der Waals surface area contributed by atoms with Gasteiger partial charge < -0.3 is 24.9 Å². The van der Waals surface area contributed by atoms with Crippen LogP contribution in [0.4, 0.5) is 0 Å². The number of ether oxygens (including phenoxy) is 1. The first-order chi connectivity index (χ1) is 27.6. The van der Waals surface area contributed by atoms with E-state index in [9.17, 15) is 15.0 Å². The molecule has 9 heteroatoms. The number of aliphatic hydroxyl groups excluding tert-OH is 1. The van der Waals surface area contributed by atoms with E-state index >= 15 is 0 Å². The summed E-state index contributed by atoms with van der Waals surface area (Å²) in [6.07, 6.45) is 13.7. The minimum absolute atomic E-state index is 0. The summed E-state index contributed by atoms with van der Waals surface area (Å²) < 4.78 is 5.74. The van der Waals surface area contributed by atoms with Gasteiger partial charge >= 0.3 is 29.0 Å². The van der Waals surface area contributed by atoms with Crippen molar-refractivity contribution in [2.75, 3.05) is 6.61 Å². The Balaban J connectivity index is 0.00000661. The van der Waals surface area contributed by atoms with E-state index in [0.29, 0.717) is 29.4 Å². The van der Waals surface area contributed by atoms with Crippen molar-refractivity contribution in [2.45, 2.75) is 145 Å². The predicted octanol–water partition coefficient (Wildman–Crippen LogP) is 10.6. The van der Waals surface area contributed by atoms with Gasteiger partial charge in [0.05, 0.1) is 23.2 Å². The second kappa shape index (κ2) is 19.5. The third-order valence-electron chi connectivity index (χ3n) is 12.3. The van der Waals surface area contributed by atoms with Gasteiger partial charge in [0.25, 0.3) is 0 Å². The van der Waals surface area contributed by atoms with Gasteiger partial charge in [-0.05, 0) is 140 Å². The molecule has 0 saturated carbocycles. The molecule has 0 aromatic carbocycles. The van der Waals surface area contributed by atoms with Crippen molar-refractivity contribution in [3.05, 3.63) is 103 Å². The average molecular weight is 806 g/mol. The second-order valence-electron chi connectivity index (χ2n) is 16.7. The van der Waals surface area contributed by atoms with E-state index in [-0.39, 0.29) is 59.6 Å². The normalized spacial score (nSPS) is 16.9. The van der Waals surface area contributed by atoms with Crippen LogP contribution < -0.4 is 15.1 Å². The molecule has 3 aliphatic rings. The summed E-state index contributed by atoms with van der Waals surface area (Å²) in [6, 6.07) is 4.01. The van der Waals surface area contributed by atoms with Crippen LogP contribution in [0.15, 0.2) is 47.1 Å². The van der Waals surface area contributed by atoms with Gasteiger partial charge in [-0.15, -0.1) is 27.8 Å². The third kappa shape index (κ3) is 9.58. The van der Waals surface area contributed by atoms with Crippen LogP contribution in [0.5, 0.6) is 0 Å². The average Bonchev–Trinajstić information content (AvgIpc) is 3.94. The number of carbonyl (C=O) groups excluding carboxylic acids is 1. The molecule has 0 spiro atoms. The van der Waals surface area contributed by atoms with Crippen molar-refractivity contribution in [3.8, 4) is 0 Å². The molecule has 5 heterocycles. The van der Waals surface area contributed by atoms with Crippen molar-refractivity contribution >= 4 is 74.1 Å². The van der Waals surface area contributed by atoms with Gasteiger partial charge in [0, 0.05) is 24.0 Å². The van der Waals surface area contributed by atoms with Crippen molar-refractivity contribution in [1.82, 2.24) is 19.9 Å². The number of allylic oxidation sites excluding steroid dienone is 7. The fourth-order valence-electron chi connectivity index (χ4n) is 9.00. The summed E-state index contributed by atoms with van der Waals surface area (Å²) >= 11 is 0. The number of aromatic nitrogens is 4. The minimum atomic E-state index is -0.743. The van der Waals surface area contributed by atoms with Crippen LogP contribution in [0.1, 0.15) is 181 Å². The minimum Gasteiger partial charge on any atom is -0.872 e. The molecule has 3 aromatic heterocycles. The summed E-state index contributed by atoms with van der Waals surface area (Å²) in [6.45, 7) is 23.0. The largest absolute Gasteiger partial charge is 2.00 e. The van der Waals surface area contributed by atoms with Gasteiger partial charge in [-0.25, -0.2) is 4.98 Å². The number of nitrogens with zero attached hydrogens (tertiary/aromatic N) is 4. The number of hydrogen-bond acceptors (Lipinski definition) is 6. The molecule has 3 aromatic rings. The first-order valence-electron chi connectivity index (χ1n) is 21.2. The molecular weight excluding hydrogens is 745 g/mol. The number of esters is 1. The smallest absolute Gasteiger partial charge is 0.872 e. The van der Waals surface area contributed by atoms with E-state index in [4.69, 9.17) is 24.7 Å². The molecule has 0 fully saturated rings. The molecule has 2 aliphatic heterocycles. The molecule has 1 N–H and O–H groups in total. The second-order valence-corrected chi connectivity index (χ2v) is 16.7. The van der Waals surface area contributed by atoms with Gasteiger partial charge in [-0.2, -0.15) is 0 Å². The van der Waals surface area contributed by atoms with Crippen LogP contribution in [-0.2, 0) is 16.0 Å². The Morgan fingerprint density at radius 1 is 0.881 bits per heavy atom. The van der Waals surface area contributed by atoms with Crippen molar-refractivity contribution in [2.24, 2.45) is 0 Å². The van der Waals surface area contributed by atoms with Crippen LogP contribution in [0.25, 0.3) is 45.0 Å². The van der Waals surface area contributed by atoms with E-state index in [2.05, 4.69) is 67.5 Å². The Labute approximate surface area is 367 Å². The number of aryl methyl sites for hydroxylation is 3. The zero-order valence-corrected chi connectivity index (χ0v) is 38.6. The molecular formula is C50H61MgN4O4-. The van der Waals surface area contributed by atoms with Crippen LogP contribution in [-0.4, -0.2) is 50.7 Å². The number of aliphatic hydroxyl groups is 1. The monoisotopic (exact) mass is 805 g/mol. The van der Waals surface area contributed by atoms with E-state index in [1.165, 1.54) is 16.7 Å². The maximum absolute atomic E-state index is 13.9. The fraction of sp³-hybridized carbons (Fsp3) is 0.460. The van der Waals surface area contributed by atoms with Crippen LogP contribution in [0.3, 0.4) is 0 Å². The Bertz CT molecular complexity index is 2430. The summed E-state index contributed by atoms with van der Waals surface area (Å²) in [4.78, 5) is 34.0. The molecule has 59 heavy (non-hydrogen) atoms. The maximum atomic E-state index is 13.9. The maximum Gasteiger partial charge on any atom is 2.00 e. The number of fused-ring (bicyclic) bond motifs is 8. The quantitative estimate of drug-likeness (QED) is 0.0970. The van der Waals surface area contributed by atoms with E-state index in [1.807, 2.05) is 32.1 Å². The summed E-state index contributed by atoms with van der Waals surface area (Å²) in [7, 11) is 0. The van der Waals surface area contributed by atoms with E-state index in [1.54, 1.807) is 13.0 Å². The van der Waals surface area contributed by atoms with Gasteiger partial charge in [0.2, 0.25) is 0 Å². The number of hydrogen-bond donors (Lipinski definition) is 1. The molecule has 308 valence electrons. The first-order valence-corrected chi connectivity index (χ1v) is 21.2. The van der Waals surface area contributed by atoms with Gasteiger partial charge in [0.1, 0.15) is 6.61 Å². The SMILES string of the molecule is CCC1=C(C)c2cc3[n-]c(c(C)c4nc(c5c6[n-]c(cc1n2)c(CC)c6C([O-])=C5)[C@@H](CCC(=O)OC/C=C(\C)CC/C=C(\C)CCC=C(C)C)[C@@H]4C)c(C)c3[C@@H](C)O.[Mg+2]. The van der Waals surface area contributed by atoms with Gasteiger partial charge in [-0.1, -0.05) is 79.0 Å².